The summed E-state index contributed by atoms with van der Waals surface area (Å²) in [4.78, 5) is 39.7. The molecular weight excluding hydrogens is 491 g/mol. The van der Waals surface area contributed by atoms with Crippen LogP contribution in [0.2, 0.25) is 0 Å². The van der Waals surface area contributed by atoms with Crippen LogP contribution in [0.3, 0.4) is 0 Å². The van der Waals surface area contributed by atoms with Crippen molar-refractivity contribution < 1.29 is 32.3 Å². The number of halogens is 3. The monoisotopic (exact) mass is 519 g/mol. The van der Waals surface area contributed by atoms with Gasteiger partial charge in [0.25, 0.3) is 0 Å². The Hall–Kier alpha value is -3.93. The molecule has 1 aliphatic rings. The lowest BCUT2D eigenvalue weighted by atomic mass is 9.96. The summed E-state index contributed by atoms with van der Waals surface area (Å²) in [6.45, 7) is 0.672. The molecule has 9 nitrogen and oxygen atoms in total. The zero-order chi connectivity index (χ0) is 27.0. The van der Waals surface area contributed by atoms with Gasteiger partial charge in [-0.2, -0.15) is 18.2 Å². The molecule has 0 saturated carbocycles. The summed E-state index contributed by atoms with van der Waals surface area (Å²) in [5.74, 6) is -0.694. The van der Waals surface area contributed by atoms with E-state index in [0.29, 0.717) is 18.5 Å². The van der Waals surface area contributed by atoms with E-state index < -0.39 is 24.9 Å². The van der Waals surface area contributed by atoms with Crippen molar-refractivity contribution in [3.8, 4) is 0 Å². The number of hydrogen-bond donors (Lipinski definition) is 4. The van der Waals surface area contributed by atoms with Crippen LogP contribution in [0, 0.1) is 0 Å². The topological polar surface area (TPSA) is 135 Å². The number of carbonyl (C=O) groups is 3. The van der Waals surface area contributed by atoms with Crippen LogP contribution in [-0.2, 0) is 20.9 Å². The second-order valence-electron chi connectivity index (χ2n) is 8.62. The van der Waals surface area contributed by atoms with Crippen molar-refractivity contribution in [2.24, 2.45) is 10.7 Å². The summed E-state index contributed by atoms with van der Waals surface area (Å²) in [5.41, 5.74) is 7.78. The Kier molecular flexibility index (Phi) is 9.23. The van der Waals surface area contributed by atoms with Gasteiger partial charge in [0.15, 0.2) is 6.61 Å². The Balaban J connectivity index is 1.43. The molecule has 0 aromatic heterocycles. The normalized spacial score (nSPS) is 18.6. The number of benzene rings is 2. The molecule has 3 rings (SSSR count). The predicted octanol–water partition coefficient (Wildman–Crippen LogP) is 2.36. The highest BCUT2D eigenvalue weighted by Crippen LogP contribution is 2.25. The minimum Gasteiger partial charge on any atom is -0.438 e. The highest BCUT2D eigenvalue weighted by atomic mass is 19.4. The van der Waals surface area contributed by atoms with E-state index in [2.05, 4.69) is 25.7 Å². The van der Waals surface area contributed by atoms with Gasteiger partial charge in [0.05, 0.1) is 6.04 Å². The predicted molar refractivity (Wildman–Crippen MR) is 130 cm³/mol. The number of nitrogens with one attached hydrogen (secondary N) is 3. The average Bonchev–Trinajstić information content (AvgIpc) is 3.37. The number of ether oxygens (including phenoxy) is 1. The van der Waals surface area contributed by atoms with Crippen molar-refractivity contribution in [2.75, 3.05) is 13.2 Å². The lowest BCUT2D eigenvalue weighted by Crippen LogP contribution is -2.49. The molecule has 1 fully saturated rings. The quantitative estimate of drug-likeness (QED) is 0.313. The maximum absolute atomic E-state index is 12.6. The van der Waals surface area contributed by atoms with Crippen molar-refractivity contribution in [2.45, 2.75) is 44.1 Å². The molecule has 3 atom stereocenters. The molecule has 5 N–H and O–H groups in total. The van der Waals surface area contributed by atoms with Gasteiger partial charge in [0.2, 0.25) is 11.8 Å². The smallest absolute Gasteiger partial charge is 0.435 e. The fourth-order valence-electron chi connectivity index (χ4n) is 3.77. The first-order valence-electron chi connectivity index (χ1n) is 11.5. The Bertz CT molecular complexity index is 1120. The van der Waals surface area contributed by atoms with Crippen LogP contribution in [0.15, 0.2) is 59.6 Å². The Labute approximate surface area is 211 Å². The minimum atomic E-state index is -4.66. The second kappa shape index (κ2) is 12.3. The van der Waals surface area contributed by atoms with Gasteiger partial charge in [0, 0.05) is 18.7 Å². The average molecular weight is 520 g/mol. The molecule has 0 unspecified atom stereocenters. The molecule has 3 amide bonds. The third kappa shape index (κ3) is 8.60. The molecule has 1 heterocycles. The number of nitrogens with two attached hydrogens (primary N) is 1. The van der Waals surface area contributed by atoms with E-state index in [0.717, 1.165) is 5.56 Å². The molecule has 37 heavy (non-hydrogen) atoms. The largest absolute Gasteiger partial charge is 0.438 e. The molecule has 198 valence electrons. The number of carbonyl (C=O) groups excluding carboxylic acids is 3. The van der Waals surface area contributed by atoms with E-state index in [9.17, 15) is 27.6 Å². The number of alkyl halides is 3. The van der Waals surface area contributed by atoms with Crippen molar-refractivity contribution in [1.29, 1.82) is 0 Å². The number of hydrogen-bond acceptors (Lipinski definition) is 5. The minimum absolute atomic E-state index is 0.155. The van der Waals surface area contributed by atoms with Crippen LogP contribution in [0.5, 0.6) is 0 Å². The van der Waals surface area contributed by atoms with Crippen molar-refractivity contribution in [3.63, 3.8) is 0 Å². The third-order valence-corrected chi connectivity index (χ3v) is 5.76. The van der Waals surface area contributed by atoms with Gasteiger partial charge in [-0.3, -0.25) is 9.59 Å². The zero-order valence-electron chi connectivity index (χ0n) is 20.0. The van der Waals surface area contributed by atoms with Gasteiger partial charge in [-0.1, -0.05) is 54.6 Å². The number of amides is 3. The summed E-state index contributed by atoms with van der Waals surface area (Å²) in [5, 5.41) is 8.66. The summed E-state index contributed by atoms with van der Waals surface area (Å²) in [6, 6.07) is 15.0. The third-order valence-electron chi connectivity index (χ3n) is 5.76. The first-order chi connectivity index (χ1) is 17.5. The summed E-state index contributed by atoms with van der Waals surface area (Å²) >= 11 is 0. The molecule has 2 aromatic carbocycles. The maximum atomic E-state index is 12.6. The lowest BCUT2D eigenvalue weighted by molar-refractivity contribution is -0.159. The van der Waals surface area contributed by atoms with Gasteiger partial charge in [-0.05, 0) is 30.4 Å². The van der Waals surface area contributed by atoms with E-state index in [1.807, 2.05) is 30.3 Å². The van der Waals surface area contributed by atoms with E-state index in [4.69, 9.17) is 5.73 Å². The molecule has 1 saturated heterocycles. The van der Waals surface area contributed by atoms with Gasteiger partial charge < -0.3 is 26.4 Å². The van der Waals surface area contributed by atoms with Crippen molar-refractivity contribution in [3.05, 3.63) is 71.3 Å². The number of rotatable bonds is 8. The van der Waals surface area contributed by atoms with Crippen LogP contribution in [0.25, 0.3) is 0 Å². The fraction of sp³-hybridized carbons (Fsp3) is 0.360. The van der Waals surface area contributed by atoms with Crippen molar-refractivity contribution >= 4 is 23.7 Å². The van der Waals surface area contributed by atoms with Crippen LogP contribution < -0.4 is 21.7 Å². The molecule has 1 aliphatic heterocycles. The number of aliphatic imine (C=N–C) groups is 1. The molecule has 0 radical (unpaired) electrons. The first kappa shape index (κ1) is 27.7. The van der Waals surface area contributed by atoms with Gasteiger partial charge in [-0.15, -0.1) is 0 Å². The summed E-state index contributed by atoms with van der Waals surface area (Å²) in [7, 11) is 0. The number of amidine groups is 1. The van der Waals surface area contributed by atoms with Crippen LogP contribution in [-0.4, -0.2) is 55.2 Å². The Morgan fingerprint density at radius 3 is 2.46 bits per heavy atom. The lowest BCUT2D eigenvalue weighted by Gasteiger charge is -2.17. The Morgan fingerprint density at radius 2 is 1.81 bits per heavy atom. The van der Waals surface area contributed by atoms with Crippen LogP contribution in [0.1, 0.15) is 36.0 Å². The van der Waals surface area contributed by atoms with Gasteiger partial charge >= 0.3 is 12.3 Å². The molecule has 0 spiro atoms. The van der Waals surface area contributed by atoms with E-state index in [1.165, 1.54) is 12.1 Å². The second-order valence-corrected chi connectivity index (χ2v) is 8.62. The van der Waals surface area contributed by atoms with Gasteiger partial charge in [0.1, 0.15) is 11.9 Å². The highest BCUT2D eigenvalue weighted by Gasteiger charge is 2.31. The van der Waals surface area contributed by atoms with E-state index >= 15 is 0 Å². The van der Waals surface area contributed by atoms with E-state index in [1.54, 1.807) is 19.1 Å². The summed E-state index contributed by atoms with van der Waals surface area (Å²) in [6.07, 6.45) is -5.47. The SMILES string of the molecule is C[C@H](NC(=O)[C@H]1C[C@H](c2ccccc2)CN1)C(=O)NCc1ccc(/C(N)=N/C(=O)OCC(F)(F)F)cc1. The molecular formula is C25H28F3N5O4. The Morgan fingerprint density at radius 1 is 1.14 bits per heavy atom. The standard InChI is InChI=1S/C25H28F3N5O4/c1-15(32-23(35)20-11-19(13-30-20)17-5-3-2-4-6-17)22(34)31-12-16-7-9-18(10-8-16)21(29)33-24(36)37-14-25(26,27)28/h2-10,15,19-20,30H,11-14H2,1H3,(H,31,34)(H,32,35)(H2,29,33,36)/t15-,19-,20+/m0/s1. The van der Waals surface area contributed by atoms with Crippen LogP contribution in [0.4, 0.5) is 18.0 Å². The van der Waals surface area contributed by atoms with E-state index in [-0.39, 0.29) is 41.7 Å². The van der Waals surface area contributed by atoms with Crippen LogP contribution >= 0.6 is 0 Å². The highest BCUT2D eigenvalue weighted by molar-refractivity contribution is 6.02. The molecule has 12 heteroatoms. The molecule has 2 aromatic rings. The zero-order valence-corrected chi connectivity index (χ0v) is 20.0. The first-order valence-corrected chi connectivity index (χ1v) is 11.5. The van der Waals surface area contributed by atoms with Gasteiger partial charge in [-0.25, -0.2) is 4.79 Å². The molecule has 0 bridgehead atoms. The maximum Gasteiger partial charge on any atom is 0.435 e. The summed E-state index contributed by atoms with van der Waals surface area (Å²) < 4.78 is 40.3. The number of nitrogens with zero attached hydrogens (tertiary/aromatic N) is 1. The van der Waals surface area contributed by atoms with Crippen molar-refractivity contribution in [1.82, 2.24) is 16.0 Å². The fourth-order valence-corrected chi connectivity index (χ4v) is 3.77. The molecule has 0 aliphatic carbocycles.